The Hall–Kier alpha value is -1.96. The first kappa shape index (κ1) is 13.0. The van der Waals surface area contributed by atoms with E-state index in [0.717, 1.165) is 18.7 Å². The summed E-state index contributed by atoms with van der Waals surface area (Å²) in [6, 6.07) is 11.0. The molecule has 104 valence electrons. The summed E-state index contributed by atoms with van der Waals surface area (Å²) in [6.45, 7) is 5.35. The van der Waals surface area contributed by atoms with Crippen LogP contribution >= 0.6 is 0 Å². The van der Waals surface area contributed by atoms with Crippen LogP contribution in [0, 0.1) is 13.8 Å². The summed E-state index contributed by atoms with van der Waals surface area (Å²) in [6.07, 6.45) is 2.36. The highest BCUT2D eigenvalue weighted by Crippen LogP contribution is 2.36. The molecule has 0 bridgehead atoms. The number of methoxy groups -OCH3 is 1. The first-order chi connectivity index (χ1) is 9.69. The first-order valence-corrected chi connectivity index (χ1v) is 7.21. The predicted molar refractivity (Wildman–Crippen MR) is 84.7 cm³/mol. The lowest BCUT2D eigenvalue weighted by molar-refractivity contribution is 0.416. The maximum atomic E-state index is 5.59. The summed E-state index contributed by atoms with van der Waals surface area (Å²) < 4.78 is 5.59. The fraction of sp³-hybridized carbons (Fsp3) is 0.333. The zero-order valence-corrected chi connectivity index (χ0v) is 12.4. The molecule has 0 radical (unpaired) electrons. The molecule has 1 aliphatic rings. The number of anilines is 1. The Morgan fingerprint density at radius 3 is 2.75 bits per heavy atom. The van der Waals surface area contributed by atoms with E-state index in [4.69, 9.17) is 4.74 Å². The quantitative estimate of drug-likeness (QED) is 0.874. The molecule has 2 aromatic carbocycles. The minimum atomic E-state index is 0.964. The van der Waals surface area contributed by atoms with Crippen LogP contribution in [0.2, 0.25) is 0 Å². The number of hydrogen-bond acceptors (Lipinski definition) is 2. The summed E-state index contributed by atoms with van der Waals surface area (Å²) in [5, 5.41) is 3.46. The second kappa shape index (κ2) is 5.20. The minimum absolute atomic E-state index is 0.964. The molecular formula is C18H21NO. The maximum absolute atomic E-state index is 5.59. The van der Waals surface area contributed by atoms with Crippen molar-refractivity contribution in [3.05, 3.63) is 47.0 Å². The van der Waals surface area contributed by atoms with Crippen LogP contribution in [0.3, 0.4) is 0 Å². The van der Waals surface area contributed by atoms with Gasteiger partial charge < -0.3 is 10.1 Å². The molecule has 2 nitrogen and oxygen atoms in total. The van der Waals surface area contributed by atoms with E-state index in [2.05, 4.69) is 49.5 Å². The van der Waals surface area contributed by atoms with Crippen molar-refractivity contribution in [3.63, 3.8) is 0 Å². The molecule has 1 heterocycles. The largest absolute Gasteiger partial charge is 0.496 e. The van der Waals surface area contributed by atoms with E-state index in [9.17, 15) is 0 Å². The smallest absolute Gasteiger partial charge is 0.127 e. The van der Waals surface area contributed by atoms with Gasteiger partial charge in [0.25, 0.3) is 0 Å². The molecule has 1 aliphatic heterocycles. The zero-order chi connectivity index (χ0) is 14.1. The summed E-state index contributed by atoms with van der Waals surface area (Å²) in [5.74, 6) is 0.964. The number of hydrogen-bond donors (Lipinski definition) is 1. The van der Waals surface area contributed by atoms with Crippen LogP contribution < -0.4 is 10.1 Å². The molecule has 2 heteroatoms. The molecule has 0 aliphatic carbocycles. The lowest BCUT2D eigenvalue weighted by Crippen LogP contribution is -2.11. The Labute approximate surface area is 120 Å². The normalized spacial score (nSPS) is 13.6. The molecule has 0 aromatic heterocycles. The van der Waals surface area contributed by atoms with Crippen LogP contribution in [-0.4, -0.2) is 13.7 Å². The van der Waals surface area contributed by atoms with Gasteiger partial charge in [-0.1, -0.05) is 12.1 Å². The standard InChI is InChI=1S/C18H21NO/c1-12-9-13(2)18(17(10-12)20-3)15-6-7-16-14(11-15)5-4-8-19-16/h6-7,9-11,19H,4-5,8H2,1-3H3. The molecule has 3 rings (SSSR count). The zero-order valence-electron chi connectivity index (χ0n) is 12.4. The molecule has 0 amide bonds. The van der Waals surface area contributed by atoms with E-state index in [-0.39, 0.29) is 0 Å². The van der Waals surface area contributed by atoms with Crippen molar-refractivity contribution in [2.75, 3.05) is 19.0 Å². The number of rotatable bonds is 2. The van der Waals surface area contributed by atoms with Gasteiger partial charge in [-0.05, 0) is 67.1 Å². The minimum Gasteiger partial charge on any atom is -0.496 e. The Balaban J connectivity index is 2.13. The Morgan fingerprint density at radius 2 is 1.95 bits per heavy atom. The van der Waals surface area contributed by atoms with Crippen molar-refractivity contribution in [2.45, 2.75) is 26.7 Å². The average Bonchev–Trinajstić information content (AvgIpc) is 2.46. The van der Waals surface area contributed by atoms with Crippen molar-refractivity contribution < 1.29 is 4.74 Å². The molecule has 0 unspecified atom stereocenters. The number of benzene rings is 2. The van der Waals surface area contributed by atoms with Gasteiger partial charge in [-0.25, -0.2) is 0 Å². The third kappa shape index (κ3) is 2.26. The van der Waals surface area contributed by atoms with Gasteiger partial charge in [0.2, 0.25) is 0 Å². The fourth-order valence-electron chi connectivity index (χ4n) is 3.09. The number of aryl methyl sites for hydroxylation is 3. The number of nitrogens with one attached hydrogen (secondary N) is 1. The van der Waals surface area contributed by atoms with E-state index >= 15 is 0 Å². The Bertz CT molecular complexity index is 646. The molecule has 0 saturated heterocycles. The van der Waals surface area contributed by atoms with Crippen molar-refractivity contribution in [3.8, 4) is 16.9 Å². The van der Waals surface area contributed by atoms with Crippen molar-refractivity contribution in [1.29, 1.82) is 0 Å². The molecule has 0 saturated carbocycles. The third-order valence-corrected chi connectivity index (χ3v) is 4.00. The van der Waals surface area contributed by atoms with Crippen molar-refractivity contribution in [2.24, 2.45) is 0 Å². The summed E-state index contributed by atoms with van der Waals surface area (Å²) in [7, 11) is 1.75. The molecule has 0 atom stereocenters. The summed E-state index contributed by atoms with van der Waals surface area (Å²) in [4.78, 5) is 0. The lowest BCUT2D eigenvalue weighted by Gasteiger charge is -2.20. The molecule has 0 fully saturated rings. The molecule has 2 aromatic rings. The summed E-state index contributed by atoms with van der Waals surface area (Å²) >= 11 is 0. The van der Waals surface area contributed by atoms with Gasteiger partial charge in [-0.15, -0.1) is 0 Å². The monoisotopic (exact) mass is 267 g/mol. The second-order valence-electron chi connectivity index (χ2n) is 5.56. The van der Waals surface area contributed by atoms with E-state index < -0.39 is 0 Å². The predicted octanol–water partition coefficient (Wildman–Crippen LogP) is 4.34. The SMILES string of the molecule is COc1cc(C)cc(C)c1-c1ccc2c(c1)CCCN2. The van der Waals surface area contributed by atoms with Crippen LogP contribution in [-0.2, 0) is 6.42 Å². The number of fused-ring (bicyclic) bond motifs is 1. The molecule has 0 spiro atoms. The van der Waals surface area contributed by atoms with Gasteiger partial charge in [0.15, 0.2) is 0 Å². The molecular weight excluding hydrogens is 246 g/mol. The van der Waals surface area contributed by atoms with Crippen molar-refractivity contribution >= 4 is 5.69 Å². The summed E-state index contributed by atoms with van der Waals surface area (Å²) in [5.41, 5.74) is 7.67. The van der Waals surface area contributed by atoms with Gasteiger partial charge >= 0.3 is 0 Å². The lowest BCUT2D eigenvalue weighted by atomic mass is 9.93. The van der Waals surface area contributed by atoms with Gasteiger partial charge in [0.1, 0.15) is 5.75 Å². The van der Waals surface area contributed by atoms with Crippen LogP contribution in [0.5, 0.6) is 5.75 Å². The Kier molecular flexibility index (Phi) is 3.39. The highest BCUT2D eigenvalue weighted by molar-refractivity contribution is 5.77. The van der Waals surface area contributed by atoms with Crippen LogP contribution in [0.15, 0.2) is 30.3 Å². The Morgan fingerprint density at radius 1 is 1.10 bits per heavy atom. The van der Waals surface area contributed by atoms with Gasteiger partial charge in [-0.3, -0.25) is 0 Å². The molecule has 20 heavy (non-hydrogen) atoms. The van der Waals surface area contributed by atoms with E-state index in [0.29, 0.717) is 0 Å². The second-order valence-corrected chi connectivity index (χ2v) is 5.56. The van der Waals surface area contributed by atoms with Crippen molar-refractivity contribution in [1.82, 2.24) is 0 Å². The van der Waals surface area contributed by atoms with Crippen LogP contribution in [0.1, 0.15) is 23.1 Å². The highest BCUT2D eigenvalue weighted by Gasteiger charge is 2.14. The van der Waals surface area contributed by atoms with Crippen LogP contribution in [0.4, 0.5) is 5.69 Å². The molecule has 1 N–H and O–H groups in total. The van der Waals surface area contributed by atoms with E-state index in [1.165, 1.54) is 39.9 Å². The van der Waals surface area contributed by atoms with Gasteiger partial charge in [-0.2, -0.15) is 0 Å². The first-order valence-electron chi connectivity index (χ1n) is 7.21. The third-order valence-electron chi connectivity index (χ3n) is 4.00. The average molecular weight is 267 g/mol. The maximum Gasteiger partial charge on any atom is 0.127 e. The van der Waals surface area contributed by atoms with E-state index in [1.54, 1.807) is 7.11 Å². The fourth-order valence-corrected chi connectivity index (χ4v) is 3.09. The topological polar surface area (TPSA) is 21.3 Å². The number of ether oxygens (including phenoxy) is 1. The van der Waals surface area contributed by atoms with Gasteiger partial charge in [0, 0.05) is 17.8 Å². The van der Waals surface area contributed by atoms with Gasteiger partial charge in [0.05, 0.1) is 7.11 Å². The van der Waals surface area contributed by atoms with E-state index in [1.807, 2.05) is 0 Å². The highest BCUT2D eigenvalue weighted by atomic mass is 16.5. The van der Waals surface area contributed by atoms with Crippen LogP contribution in [0.25, 0.3) is 11.1 Å².